The van der Waals surface area contributed by atoms with Crippen LogP contribution in [0, 0.1) is 12.3 Å². The van der Waals surface area contributed by atoms with E-state index in [9.17, 15) is 0 Å². The van der Waals surface area contributed by atoms with Gasteiger partial charge in [-0.3, -0.25) is 0 Å². The molecule has 0 aliphatic carbocycles. The van der Waals surface area contributed by atoms with Crippen LogP contribution in [0.4, 0.5) is 11.5 Å². The first-order valence-corrected chi connectivity index (χ1v) is 10.7. The molecule has 0 saturated carbocycles. The summed E-state index contributed by atoms with van der Waals surface area (Å²) in [6.45, 7) is 3.69. The minimum atomic E-state index is 0.133. The van der Waals surface area contributed by atoms with Crippen molar-refractivity contribution >= 4 is 22.4 Å². The van der Waals surface area contributed by atoms with E-state index in [1.807, 2.05) is 36.4 Å². The van der Waals surface area contributed by atoms with Crippen LogP contribution >= 0.6 is 0 Å². The van der Waals surface area contributed by atoms with E-state index in [1.165, 1.54) is 6.33 Å². The lowest BCUT2D eigenvalue weighted by molar-refractivity contribution is 0.0782. The first-order valence-electron chi connectivity index (χ1n) is 10.7. The normalized spacial score (nSPS) is 14.8. The first-order chi connectivity index (χ1) is 15.7. The molecule has 0 bridgehead atoms. The smallest absolute Gasteiger partial charge is 0.162 e. The maximum Gasteiger partial charge on any atom is 0.162 e. The summed E-state index contributed by atoms with van der Waals surface area (Å²) in [5.41, 5.74) is 2.44. The van der Waals surface area contributed by atoms with E-state index in [-0.39, 0.29) is 6.10 Å². The van der Waals surface area contributed by atoms with Gasteiger partial charge in [0.15, 0.2) is 11.5 Å². The van der Waals surface area contributed by atoms with E-state index in [1.54, 1.807) is 14.2 Å². The molecule has 7 nitrogen and oxygen atoms in total. The molecule has 166 valence electrons. The number of ether oxygens (including phenoxy) is 3. The number of piperidine rings is 1. The topological polar surface area (TPSA) is 68.7 Å². The minimum Gasteiger partial charge on any atom is -0.493 e. The third-order valence-electron chi connectivity index (χ3n) is 5.65. The number of rotatable bonds is 8. The maximum absolute atomic E-state index is 6.39. The highest BCUT2D eigenvalue weighted by molar-refractivity contribution is 5.93. The molecule has 0 unspecified atom stereocenters. The van der Waals surface area contributed by atoms with Crippen molar-refractivity contribution in [1.29, 1.82) is 0 Å². The number of likely N-dealkylation sites (tertiary alicyclic amines) is 1. The molecule has 0 amide bonds. The lowest BCUT2D eigenvalue weighted by atomic mass is 10.1. The Balaban J connectivity index is 1.56. The molecule has 0 spiro atoms. The molecule has 32 heavy (non-hydrogen) atoms. The molecule has 1 N–H and O–H groups in total. The summed E-state index contributed by atoms with van der Waals surface area (Å²) in [5, 5.41) is 4.21. The number of fused-ring (bicyclic) bond motifs is 1. The van der Waals surface area contributed by atoms with E-state index in [0.29, 0.717) is 17.3 Å². The fraction of sp³-hybridized carbons (Fsp3) is 0.360. The van der Waals surface area contributed by atoms with Crippen molar-refractivity contribution in [3.05, 3.63) is 48.3 Å². The summed E-state index contributed by atoms with van der Waals surface area (Å²) < 4.78 is 17.2. The van der Waals surface area contributed by atoms with Gasteiger partial charge in [0.05, 0.1) is 19.2 Å². The van der Waals surface area contributed by atoms with Gasteiger partial charge in [0.25, 0.3) is 0 Å². The zero-order chi connectivity index (χ0) is 22.3. The number of aromatic nitrogens is 2. The largest absolute Gasteiger partial charge is 0.493 e. The Morgan fingerprint density at radius 3 is 2.72 bits per heavy atom. The summed E-state index contributed by atoms with van der Waals surface area (Å²) in [6.07, 6.45) is 9.12. The fourth-order valence-corrected chi connectivity index (χ4v) is 3.89. The van der Waals surface area contributed by atoms with Crippen molar-refractivity contribution in [3.8, 4) is 23.8 Å². The van der Waals surface area contributed by atoms with E-state index in [0.717, 1.165) is 61.2 Å². The first kappa shape index (κ1) is 21.9. The van der Waals surface area contributed by atoms with E-state index in [4.69, 9.17) is 20.6 Å². The molecular weight excluding hydrogens is 404 g/mol. The Labute approximate surface area is 188 Å². The van der Waals surface area contributed by atoms with E-state index in [2.05, 4.69) is 26.1 Å². The second-order valence-electron chi connectivity index (χ2n) is 7.74. The zero-order valence-electron chi connectivity index (χ0n) is 18.5. The lowest BCUT2D eigenvalue weighted by Crippen LogP contribution is -2.39. The highest BCUT2D eigenvalue weighted by Crippen LogP contribution is 2.36. The summed E-state index contributed by atoms with van der Waals surface area (Å²) in [4.78, 5) is 11.3. The van der Waals surface area contributed by atoms with Crippen molar-refractivity contribution in [3.63, 3.8) is 0 Å². The van der Waals surface area contributed by atoms with Gasteiger partial charge < -0.3 is 24.4 Å². The van der Waals surface area contributed by atoms with Gasteiger partial charge in [-0.2, -0.15) is 0 Å². The molecule has 1 aromatic heterocycles. The van der Waals surface area contributed by atoms with Crippen LogP contribution in [0.2, 0.25) is 0 Å². The molecular formula is C25H28N4O3. The SMILES string of the molecule is C#Cc1cccc(Nc2ncnc3cc(OC)c(OC4CCN(CCOC)CC4)cc23)c1. The second-order valence-corrected chi connectivity index (χ2v) is 7.74. The Morgan fingerprint density at radius 1 is 1.12 bits per heavy atom. The molecule has 3 aromatic rings. The monoisotopic (exact) mass is 432 g/mol. The van der Waals surface area contributed by atoms with E-state index >= 15 is 0 Å². The Kier molecular flexibility index (Phi) is 7.05. The molecule has 7 heteroatoms. The predicted molar refractivity (Wildman–Crippen MR) is 126 cm³/mol. The van der Waals surface area contributed by atoms with E-state index < -0.39 is 0 Å². The van der Waals surface area contributed by atoms with Crippen LogP contribution in [-0.2, 0) is 4.74 Å². The molecule has 0 atom stereocenters. The standard InChI is InChI=1S/C25H28N4O3/c1-4-18-6-5-7-19(14-18)28-25-21-15-24(23(31-3)16-22(21)26-17-27-25)32-20-8-10-29(11-9-20)12-13-30-2/h1,5-7,14-17,20H,8-13H2,2-3H3,(H,26,27,28). The zero-order valence-corrected chi connectivity index (χ0v) is 18.5. The summed E-state index contributed by atoms with van der Waals surface area (Å²) in [7, 11) is 3.38. The molecule has 2 aromatic carbocycles. The highest BCUT2D eigenvalue weighted by Gasteiger charge is 2.22. The molecule has 4 rings (SSSR count). The van der Waals surface area contributed by atoms with Crippen LogP contribution in [-0.4, -0.2) is 61.4 Å². The van der Waals surface area contributed by atoms with Crippen LogP contribution < -0.4 is 14.8 Å². The highest BCUT2D eigenvalue weighted by atomic mass is 16.5. The number of terminal acetylenes is 1. The van der Waals surface area contributed by atoms with Crippen LogP contribution in [0.1, 0.15) is 18.4 Å². The second kappa shape index (κ2) is 10.3. The van der Waals surface area contributed by atoms with Gasteiger partial charge >= 0.3 is 0 Å². The van der Waals surface area contributed by atoms with Crippen molar-refractivity contribution in [1.82, 2.24) is 14.9 Å². The van der Waals surface area contributed by atoms with Crippen molar-refractivity contribution in [2.45, 2.75) is 18.9 Å². The molecule has 1 saturated heterocycles. The number of benzene rings is 2. The van der Waals surface area contributed by atoms with Crippen molar-refractivity contribution in [2.24, 2.45) is 0 Å². The van der Waals surface area contributed by atoms with Crippen molar-refractivity contribution < 1.29 is 14.2 Å². The van der Waals surface area contributed by atoms with Gasteiger partial charge in [0.2, 0.25) is 0 Å². The Hall–Kier alpha value is -3.34. The number of nitrogens with zero attached hydrogens (tertiary/aromatic N) is 3. The molecule has 1 fully saturated rings. The summed E-state index contributed by atoms with van der Waals surface area (Å²) in [6, 6.07) is 11.5. The third-order valence-corrected chi connectivity index (χ3v) is 5.65. The van der Waals surface area contributed by atoms with Gasteiger partial charge in [0, 0.05) is 49.4 Å². The molecule has 0 radical (unpaired) electrons. The molecule has 2 heterocycles. The summed E-state index contributed by atoms with van der Waals surface area (Å²) in [5.74, 6) is 4.71. The van der Waals surface area contributed by atoms with Crippen LogP contribution in [0.5, 0.6) is 11.5 Å². The van der Waals surface area contributed by atoms with Crippen molar-refractivity contribution in [2.75, 3.05) is 45.8 Å². The quantitative estimate of drug-likeness (QED) is 0.542. The molecule has 1 aliphatic heterocycles. The molecule has 1 aliphatic rings. The number of anilines is 2. The predicted octanol–water partition coefficient (Wildman–Crippen LogP) is 3.85. The number of hydrogen-bond donors (Lipinski definition) is 1. The lowest BCUT2D eigenvalue weighted by Gasteiger charge is -2.32. The number of hydrogen-bond acceptors (Lipinski definition) is 7. The summed E-state index contributed by atoms with van der Waals surface area (Å²) >= 11 is 0. The van der Waals surface area contributed by atoms with Crippen LogP contribution in [0.15, 0.2) is 42.7 Å². The minimum absolute atomic E-state index is 0.133. The van der Waals surface area contributed by atoms with Crippen LogP contribution in [0.25, 0.3) is 10.9 Å². The average molecular weight is 433 g/mol. The Morgan fingerprint density at radius 2 is 1.97 bits per heavy atom. The van der Waals surface area contributed by atoms with Gasteiger partial charge in [-0.15, -0.1) is 6.42 Å². The van der Waals surface area contributed by atoms with Gasteiger partial charge in [-0.05, 0) is 37.1 Å². The number of methoxy groups -OCH3 is 2. The fourth-order valence-electron chi connectivity index (χ4n) is 3.89. The Bertz CT molecular complexity index is 1100. The van der Waals surface area contributed by atoms with Gasteiger partial charge in [-0.1, -0.05) is 12.0 Å². The average Bonchev–Trinajstić information content (AvgIpc) is 2.83. The maximum atomic E-state index is 6.39. The van der Waals surface area contributed by atoms with Gasteiger partial charge in [0.1, 0.15) is 18.2 Å². The number of nitrogens with one attached hydrogen (secondary N) is 1. The van der Waals surface area contributed by atoms with Gasteiger partial charge in [-0.25, -0.2) is 9.97 Å². The van der Waals surface area contributed by atoms with Crippen LogP contribution in [0.3, 0.4) is 0 Å². The third kappa shape index (κ3) is 5.10.